The molecule has 2 heterocycles. The Hall–Kier alpha value is -2.06. The summed E-state index contributed by atoms with van der Waals surface area (Å²) in [4.78, 5) is 6.38. The highest BCUT2D eigenvalue weighted by molar-refractivity contribution is 5.80. The molecule has 122 valence electrons. The van der Waals surface area contributed by atoms with Crippen LogP contribution < -0.4 is 0 Å². The van der Waals surface area contributed by atoms with E-state index in [-0.39, 0.29) is 0 Å². The van der Waals surface area contributed by atoms with Crippen LogP contribution in [0.5, 0.6) is 0 Å². The molecule has 24 heavy (non-hydrogen) atoms. The van der Waals surface area contributed by atoms with E-state index in [0.29, 0.717) is 5.92 Å². The Balaban J connectivity index is 1.26. The van der Waals surface area contributed by atoms with Crippen molar-refractivity contribution in [3.8, 4) is 0 Å². The minimum atomic E-state index is 0.692. The molecule has 5 rings (SSSR count). The summed E-state index contributed by atoms with van der Waals surface area (Å²) in [6.45, 7) is 2.47. The molecule has 1 saturated heterocycles. The first-order chi connectivity index (χ1) is 11.9. The van der Waals surface area contributed by atoms with Crippen molar-refractivity contribution in [2.24, 2.45) is 0 Å². The fourth-order valence-electron chi connectivity index (χ4n) is 4.69. The van der Waals surface area contributed by atoms with Gasteiger partial charge in [0.15, 0.2) is 0 Å². The molecule has 1 aliphatic carbocycles. The first-order valence-corrected chi connectivity index (χ1v) is 9.25. The van der Waals surface area contributed by atoms with E-state index in [1.54, 1.807) is 11.1 Å². The van der Waals surface area contributed by atoms with Crippen molar-refractivity contribution in [3.05, 3.63) is 71.4 Å². The van der Waals surface area contributed by atoms with Crippen LogP contribution in [0.3, 0.4) is 0 Å². The number of benzene rings is 2. The van der Waals surface area contributed by atoms with Crippen molar-refractivity contribution in [1.82, 2.24) is 9.88 Å². The van der Waals surface area contributed by atoms with Crippen LogP contribution in [0.25, 0.3) is 10.9 Å². The SMILES string of the molecule is c1ccc2c(c1)CC(N1CCC(c3cc4ccccc4[nH]3)CC1)C2. The van der Waals surface area contributed by atoms with Crippen LogP contribution in [-0.4, -0.2) is 29.0 Å². The Labute approximate surface area is 143 Å². The third-order valence-corrected chi connectivity index (χ3v) is 6.07. The molecule has 0 saturated carbocycles. The van der Waals surface area contributed by atoms with Crippen LogP contribution in [0.4, 0.5) is 0 Å². The highest BCUT2D eigenvalue weighted by Gasteiger charge is 2.30. The number of hydrogen-bond acceptors (Lipinski definition) is 1. The number of piperidine rings is 1. The molecule has 0 amide bonds. The summed E-state index contributed by atoms with van der Waals surface area (Å²) in [5, 5.41) is 1.35. The van der Waals surface area contributed by atoms with Crippen LogP contribution in [0.2, 0.25) is 0 Å². The smallest absolute Gasteiger partial charge is 0.0456 e. The van der Waals surface area contributed by atoms with Gasteiger partial charge in [0.05, 0.1) is 0 Å². The molecule has 1 fully saturated rings. The second kappa shape index (κ2) is 5.78. The van der Waals surface area contributed by atoms with Gasteiger partial charge in [0, 0.05) is 23.2 Å². The fourth-order valence-corrected chi connectivity index (χ4v) is 4.69. The van der Waals surface area contributed by atoms with Gasteiger partial charge in [-0.15, -0.1) is 0 Å². The van der Waals surface area contributed by atoms with Crippen LogP contribution in [0, 0.1) is 0 Å². The van der Waals surface area contributed by atoms with Gasteiger partial charge in [-0.05, 0) is 67.4 Å². The number of aromatic nitrogens is 1. The van der Waals surface area contributed by atoms with Crippen molar-refractivity contribution >= 4 is 10.9 Å². The largest absolute Gasteiger partial charge is 0.358 e. The van der Waals surface area contributed by atoms with E-state index in [1.807, 2.05) is 0 Å². The number of fused-ring (bicyclic) bond motifs is 2. The van der Waals surface area contributed by atoms with Gasteiger partial charge in [0.2, 0.25) is 0 Å². The Morgan fingerprint density at radius 1 is 0.833 bits per heavy atom. The highest BCUT2D eigenvalue weighted by Crippen LogP contribution is 2.33. The van der Waals surface area contributed by atoms with Gasteiger partial charge in [-0.25, -0.2) is 0 Å². The van der Waals surface area contributed by atoms with E-state index in [0.717, 1.165) is 6.04 Å². The zero-order valence-corrected chi connectivity index (χ0v) is 14.0. The van der Waals surface area contributed by atoms with Crippen LogP contribution in [0.15, 0.2) is 54.6 Å². The minimum Gasteiger partial charge on any atom is -0.358 e. The maximum atomic E-state index is 3.65. The number of likely N-dealkylation sites (tertiary alicyclic amines) is 1. The number of nitrogens with zero attached hydrogens (tertiary/aromatic N) is 1. The van der Waals surface area contributed by atoms with Gasteiger partial charge in [0.1, 0.15) is 0 Å². The maximum Gasteiger partial charge on any atom is 0.0456 e. The Kier molecular flexibility index (Phi) is 3.45. The van der Waals surface area contributed by atoms with Gasteiger partial charge in [0.25, 0.3) is 0 Å². The van der Waals surface area contributed by atoms with Crippen molar-refractivity contribution in [2.45, 2.75) is 37.6 Å². The first kappa shape index (κ1) is 14.3. The van der Waals surface area contributed by atoms with Gasteiger partial charge < -0.3 is 4.98 Å². The molecule has 2 heteroatoms. The van der Waals surface area contributed by atoms with Gasteiger partial charge in [-0.2, -0.15) is 0 Å². The predicted octanol–water partition coefficient (Wildman–Crippen LogP) is 4.51. The van der Waals surface area contributed by atoms with E-state index in [1.165, 1.54) is 55.4 Å². The van der Waals surface area contributed by atoms with E-state index in [9.17, 15) is 0 Å². The summed E-state index contributed by atoms with van der Waals surface area (Å²) < 4.78 is 0. The van der Waals surface area contributed by atoms with E-state index in [2.05, 4.69) is 64.5 Å². The number of aromatic amines is 1. The molecule has 0 spiro atoms. The van der Waals surface area contributed by atoms with Crippen molar-refractivity contribution in [3.63, 3.8) is 0 Å². The summed E-state index contributed by atoms with van der Waals surface area (Å²) in [6.07, 6.45) is 5.04. The first-order valence-electron chi connectivity index (χ1n) is 9.25. The molecule has 1 N–H and O–H groups in total. The van der Waals surface area contributed by atoms with Gasteiger partial charge in [-0.1, -0.05) is 42.5 Å². The standard InChI is InChI=1S/C22H24N2/c1-2-6-18-14-20(13-17(18)5-1)24-11-9-16(10-12-24)22-15-19-7-3-4-8-21(19)23-22/h1-8,15-16,20,23H,9-14H2. The number of para-hydroxylation sites is 1. The molecule has 2 nitrogen and oxygen atoms in total. The highest BCUT2D eigenvalue weighted by atomic mass is 15.2. The molecule has 0 radical (unpaired) electrons. The molecular weight excluding hydrogens is 292 g/mol. The lowest BCUT2D eigenvalue weighted by Gasteiger charge is -2.35. The molecule has 0 atom stereocenters. The molecule has 2 aromatic carbocycles. The second-order valence-electron chi connectivity index (χ2n) is 7.45. The van der Waals surface area contributed by atoms with Gasteiger partial charge in [-0.3, -0.25) is 4.90 Å². The number of rotatable bonds is 2. The van der Waals surface area contributed by atoms with Crippen molar-refractivity contribution in [2.75, 3.05) is 13.1 Å². The normalized spacial score (nSPS) is 19.8. The maximum absolute atomic E-state index is 3.65. The minimum absolute atomic E-state index is 0.692. The van der Waals surface area contributed by atoms with E-state index < -0.39 is 0 Å². The molecule has 1 aliphatic heterocycles. The number of hydrogen-bond donors (Lipinski definition) is 1. The summed E-state index contributed by atoms with van der Waals surface area (Å²) in [7, 11) is 0. The van der Waals surface area contributed by atoms with E-state index >= 15 is 0 Å². The van der Waals surface area contributed by atoms with Crippen molar-refractivity contribution in [1.29, 1.82) is 0 Å². The average molecular weight is 316 g/mol. The number of nitrogens with one attached hydrogen (secondary N) is 1. The molecule has 3 aromatic rings. The lowest BCUT2D eigenvalue weighted by atomic mass is 9.92. The monoisotopic (exact) mass is 316 g/mol. The van der Waals surface area contributed by atoms with Gasteiger partial charge >= 0.3 is 0 Å². The molecule has 0 unspecified atom stereocenters. The lowest BCUT2D eigenvalue weighted by molar-refractivity contribution is 0.155. The third-order valence-electron chi connectivity index (χ3n) is 6.07. The molecule has 2 aliphatic rings. The van der Waals surface area contributed by atoms with Crippen LogP contribution in [0.1, 0.15) is 35.6 Å². The van der Waals surface area contributed by atoms with Crippen molar-refractivity contribution < 1.29 is 0 Å². The Morgan fingerprint density at radius 3 is 2.21 bits per heavy atom. The summed E-state index contributed by atoms with van der Waals surface area (Å²) in [6, 6.07) is 20.7. The molecule has 1 aromatic heterocycles. The average Bonchev–Trinajstić information content (AvgIpc) is 3.25. The fraction of sp³-hybridized carbons (Fsp3) is 0.364. The molecular formula is C22H24N2. The quantitative estimate of drug-likeness (QED) is 0.737. The van der Waals surface area contributed by atoms with Crippen LogP contribution in [-0.2, 0) is 12.8 Å². The summed E-state index contributed by atoms with van der Waals surface area (Å²) in [5.41, 5.74) is 5.85. The topological polar surface area (TPSA) is 19.0 Å². The van der Waals surface area contributed by atoms with Crippen LogP contribution >= 0.6 is 0 Å². The zero-order valence-electron chi connectivity index (χ0n) is 14.0. The Morgan fingerprint density at radius 2 is 1.50 bits per heavy atom. The predicted molar refractivity (Wildman–Crippen MR) is 99.5 cm³/mol. The molecule has 0 bridgehead atoms. The lowest BCUT2D eigenvalue weighted by Crippen LogP contribution is -2.41. The summed E-state index contributed by atoms with van der Waals surface area (Å²) in [5.74, 6) is 0.692. The third kappa shape index (κ3) is 2.46. The zero-order chi connectivity index (χ0) is 15.9. The Bertz CT molecular complexity index is 797. The second-order valence-corrected chi connectivity index (χ2v) is 7.45. The number of H-pyrrole nitrogens is 1. The van der Waals surface area contributed by atoms with E-state index in [4.69, 9.17) is 0 Å². The summed E-state index contributed by atoms with van der Waals surface area (Å²) >= 11 is 0.